The SMILES string of the molecule is COc1ccc(/C=N/NC(=O)CNc2cccc(Cl)c2C)cc1OC. The molecule has 0 fully saturated rings. The summed E-state index contributed by atoms with van der Waals surface area (Å²) >= 11 is 6.04. The van der Waals surface area contributed by atoms with E-state index in [1.165, 1.54) is 6.21 Å². The van der Waals surface area contributed by atoms with Gasteiger partial charge in [0.1, 0.15) is 0 Å². The molecule has 0 radical (unpaired) electrons. The minimum absolute atomic E-state index is 0.0878. The molecule has 2 rings (SSSR count). The number of hydrogen-bond acceptors (Lipinski definition) is 5. The molecule has 2 aromatic rings. The Labute approximate surface area is 151 Å². The summed E-state index contributed by atoms with van der Waals surface area (Å²) in [7, 11) is 3.13. The van der Waals surface area contributed by atoms with E-state index in [-0.39, 0.29) is 12.5 Å². The highest BCUT2D eigenvalue weighted by Gasteiger charge is 2.05. The van der Waals surface area contributed by atoms with Crippen LogP contribution in [0.25, 0.3) is 0 Å². The summed E-state index contributed by atoms with van der Waals surface area (Å²) < 4.78 is 10.4. The molecule has 1 amide bonds. The summed E-state index contributed by atoms with van der Waals surface area (Å²) in [5, 5.41) is 7.62. The Balaban J connectivity index is 1.89. The lowest BCUT2D eigenvalue weighted by molar-refractivity contribution is -0.119. The number of nitrogens with one attached hydrogen (secondary N) is 2. The highest BCUT2D eigenvalue weighted by Crippen LogP contribution is 2.26. The van der Waals surface area contributed by atoms with E-state index < -0.39 is 0 Å². The smallest absolute Gasteiger partial charge is 0.259 e. The second kappa shape index (κ2) is 8.94. The molecule has 0 spiro atoms. The summed E-state index contributed by atoms with van der Waals surface area (Å²) in [5.74, 6) is 0.955. The average molecular weight is 362 g/mol. The van der Waals surface area contributed by atoms with Gasteiger partial charge < -0.3 is 14.8 Å². The Bertz CT molecular complexity index is 778. The number of carbonyl (C=O) groups is 1. The summed E-state index contributed by atoms with van der Waals surface area (Å²) in [6.45, 7) is 1.97. The number of hydrogen-bond donors (Lipinski definition) is 2. The van der Waals surface area contributed by atoms with Crippen molar-refractivity contribution < 1.29 is 14.3 Å². The van der Waals surface area contributed by atoms with Crippen molar-refractivity contribution in [1.29, 1.82) is 0 Å². The number of rotatable bonds is 7. The third-order valence-electron chi connectivity index (χ3n) is 3.52. The zero-order valence-corrected chi connectivity index (χ0v) is 15.1. The number of benzene rings is 2. The Kier molecular flexibility index (Phi) is 6.65. The largest absolute Gasteiger partial charge is 0.493 e. The van der Waals surface area contributed by atoms with Gasteiger partial charge in [0.15, 0.2) is 11.5 Å². The minimum Gasteiger partial charge on any atom is -0.493 e. The Hall–Kier alpha value is -2.73. The van der Waals surface area contributed by atoms with Crippen LogP contribution in [0.4, 0.5) is 5.69 Å². The van der Waals surface area contributed by atoms with Crippen molar-refractivity contribution in [3.63, 3.8) is 0 Å². The first kappa shape index (κ1) is 18.6. The van der Waals surface area contributed by atoms with Gasteiger partial charge in [0, 0.05) is 10.7 Å². The quantitative estimate of drug-likeness (QED) is 0.586. The molecule has 0 saturated carbocycles. The van der Waals surface area contributed by atoms with Crippen LogP contribution in [0.5, 0.6) is 11.5 Å². The van der Waals surface area contributed by atoms with Crippen LogP contribution in [0.2, 0.25) is 5.02 Å². The number of methoxy groups -OCH3 is 2. The molecule has 0 bridgehead atoms. The van der Waals surface area contributed by atoms with E-state index in [4.69, 9.17) is 21.1 Å². The lowest BCUT2D eigenvalue weighted by Crippen LogP contribution is -2.26. The highest BCUT2D eigenvalue weighted by molar-refractivity contribution is 6.31. The first-order valence-electron chi connectivity index (χ1n) is 7.58. The van der Waals surface area contributed by atoms with Crippen molar-refractivity contribution in [2.24, 2.45) is 5.10 Å². The summed E-state index contributed by atoms with van der Waals surface area (Å²) in [6.07, 6.45) is 1.53. The van der Waals surface area contributed by atoms with E-state index in [2.05, 4.69) is 15.8 Å². The second-order valence-corrected chi connectivity index (χ2v) is 5.58. The van der Waals surface area contributed by atoms with E-state index in [0.717, 1.165) is 16.8 Å². The van der Waals surface area contributed by atoms with Gasteiger partial charge >= 0.3 is 0 Å². The summed E-state index contributed by atoms with van der Waals surface area (Å²) in [5.41, 5.74) is 4.94. The molecule has 0 aliphatic rings. The van der Waals surface area contributed by atoms with Crippen LogP contribution in [-0.2, 0) is 4.79 Å². The second-order valence-electron chi connectivity index (χ2n) is 5.17. The number of ether oxygens (including phenoxy) is 2. The molecule has 0 aromatic heterocycles. The van der Waals surface area contributed by atoms with Crippen LogP contribution < -0.4 is 20.2 Å². The first-order chi connectivity index (χ1) is 12.0. The molecule has 0 atom stereocenters. The van der Waals surface area contributed by atoms with E-state index >= 15 is 0 Å². The molecule has 0 unspecified atom stereocenters. The molecule has 7 heteroatoms. The highest BCUT2D eigenvalue weighted by atomic mass is 35.5. The van der Waals surface area contributed by atoms with Crippen LogP contribution in [0.15, 0.2) is 41.5 Å². The van der Waals surface area contributed by atoms with E-state index in [1.807, 2.05) is 25.1 Å². The third kappa shape index (κ3) is 5.12. The third-order valence-corrected chi connectivity index (χ3v) is 3.93. The van der Waals surface area contributed by atoms with Crippen LogP contribution in [0.3, 0.4) is 0 Å². The monoisotopic (exact) mass is 361 g/mol. The van der Waals surface area contributed by atoms with Crippen molar-refractivity contribution >= 4 is 29.4 Å². The fraction of sp³-hybridized carbons (Fsp3) is 0.222. The number of amides is 1. The maximum Gasteiger partial charge on any atom is 0.259 e. The number of nitrogens with zero attached hydrogens (tertiary/aromatic N) is 1. The predicted octanol–water partition coefficient (Wildman–Crippen LogP) is 3.23. The zero-order valence-electron chi connectivity index (χ0n) is 14.3. The maximum atomic E-state index is 11.9. The molecule has 0 saturated heterocycles. The topological polar surface area (TPSA) is 72.0 Å². The van der Waals surface area contributed by atoms with Crippen molar-refractivity contribution in [3.05, 3.63) is 52.5 Å². The van der Waals surface area contributed by atoms with Gasteiger partial charge in [-0.2, -0.15) is 5.10 Å². The van der Waals surface area contributed by atoms with Gasteiger partial charge in [-0.1, -0.05) is 17.7 Å². The zero-order chi connectivity index (χ0) is 18.2. The van der Waals surface area contributed by atoms with Gasteiger partial charge in [0.05, 0.1) is 27.0 Å². The fourth-order valence-electron chi connectivity index (χ4n) is 2.13. The first-order valence-corrected chi connectivity index (χ1v) is 7.96. The van der Waals surface area contributed by atoms with Gasteiger partial charge in [-0.05, 0) is 48.4 Å². The van der Waals surface area contributed by atoms with Gasteiger partial charge in [0.25, 0.3) is 5.91 Å². The molecule has 6 nitrogen and oxygen atoms in total. The molecule has 2 aromatic carbocycles. The minimum atomic E-state index is -0.267. The summed E-state index contributed by atoms with van der Waals surface area (Å²) in [4.78, 5) is 11.9. The van der Waals surface area contributed by atoms with Crippen molar-refractivity contribution in [2.75, 3.05) is 26.1 Å². The van der Waals surface area contributed by atoms with Crippen molar-refractivity contribution in [3.8, 4) is 11.5 Å². The van der Waals surface area contributed by atoms with E-state index in [9.17, 15) is 4.79 Å². The Morgan fingerprint density at radius 3 is 2.68 bits per heavy atom. The van der Waals surface area contributed by atoms with Crippen LogP contribution >= 0.6 is 11.6 Å². The van der Waals surface area contributed by atoms with Gasteiger partial charge in [-0.25, -0.2) is 5.43 Å². The van der Waals surface area contributed by atoms with Crippen LogP contribution in [0.1, 0.15) is 11.1 Å². The van der Waals surface area contributed by atoms with Gasteiger partial charge in [-0.3, -0.25) is 4.79 Å². The fourth-order valence-corrected chi connectivity index (χ4v) is 2.30. The average Bonchev–Trinajstić information content (AvgIpc) is 2.62. The Morgan fingerprint density at radius 2 is 1.96 bits per heavy atom. The molecule has 25 heavy (non-hydrogen) atoms. The molecular formula is C18H20ClN3O3. The van der Waals surface area contributed by atoms with Gasteiger partial charge in [0.2, 0.25) is 0 Å². The van der Waals surface area contributed by atoms with Crippen LogP contribution in [0, 0.1) is 6.92 Å². The van der Waals surface area contributed by atoms with Crippen molar-refractivity contribution in [1.82, 2.24) is 5.43 Å². The van der Waals surface area contributed by atoms with E-state index in [1.54, 1.807) is 32.4 Å². The molecule has 0 aliphatic carbocycles. The van der Waals surface area contributed by atoms with Crippen molar-refractivity contribution in [2.45, 2.75) is 6.92 Å². The molecular weight excluding hydrogens is 342 g/mol. The Morgan fingerprint density at radius 1 is 1.20 bits per heavy atom. The van der Waals surface area contributed by atoms with Crippen LogP contribution in [-0.4, -0.2) is 32.9 Å². The lowest BCUT2D eigenvalue weighted by atomic mass is 10.2. The number of anilines is 1. The maximum absolute atomic E-state index is 11.9. The number of halogens is 1. The molecule has 0 heterocycles. The van der Waals surface area contributed by atoms with E-state index in [0.29, 0.717) is 16.5 Å². The standard InChI is InChI=1S/C18H20ClN3O3/c1-12-14(19)5-4-6-15(12)20-11-18(23)22-21-10-13-7-8-16(24-2)17(9-13)25-3/h4-10,20H,11H2,1-3H3,(H,22,23)/b21-10+. The lowest BCUT2D eigenvalue weighted by Gasteiger charge is -2.09. The molecule has 2 N–H and O–H groups in total. The molecule has 0 aliphatic heterocycles. The normalized spacial score (nSPS) is 10.6. The molecule has 132 valence electrons. The number of carbonyl (C=O) groups excluding carboxylic acids is 1. The predicted molar refractivity (Wildman–Crippen MR) is 100.0 cm³/mol. The number of hydrazone groups is 1. The summed E-state index contributed by atoms with van der Waals surface area (Å²) in [6, 6.07) is 10.8. The van der Waals surface area contributed by atoms with Gasteiger partial charge in [-0.15, -0.1) is 0 Å².